The number of imide groups is 1. The van der Waals surface area contributed by atoms with Gasteiger partial charge in [0.25, 0.3) is 5.91 Å². The lowest BCUT2D eigenvalue weighted by Gasteiger charge is -2.28. The van der Waals surface area contributed by atoms with E-state index >= 15 is 0 Å². The lowest BCUT2D eigenvalue weighted by Crippen LogP contribution is -2.37. The number of hydrogen-bond acceptors (Lipinski definition) is 7. The maximum Gasteiger partial charge on any atom is 0.338 e. The van der Waals surface area contributed by atoms with Gasteiger partial charge in [0.2, 0.25) is 11.8 Å². The van der Waals surface area contributed by atoms with Crippen molar-refractivity contribution in [1.82, 2.24) is 0 Å². The van der Waals surface area contributed by atoms with Crippen LogP contribution in [0.3, 0.4) is 0 Å². The fraction of sp³-hybridized carbons (Fsp3) is 0.370. The van der Waals surface area contributed by atoms with Gasteiger partial charge in [0, 0.05) is 5.69 Å². The van der Waals surface area contributed by atoms with Crippen LogP contribution in [-0.2, 0) is 23.9 Å². The van der Waals surface area contributed by atoms with E-state index in [4.69, 9.17) is 32.7 Å². The molecule has 2 aromatic carbocycles. The zero-order valence-corrected chi connectivity index (χ0v) is 21.8. The fourth-order valence-electron chi connectivity index (χ4n) is 5.69. The normalized spacial score (nSPS) is 27.3. The maximum absolute atomic E-state index is 13.2. The van der Waals surface area contributed by atoms with E-state index in [-0.39, 0.29) is 52.3 Å². The van der Waals surface area contributed by atoms with Gasteiger partial charge in [-0.3, -0.25) is 19.3 Å². The molecule has 0 radical (unpaired) electrons. The second-order valence-corrected chi connectivity index (χ2v) is 10.5. The summed E-state index contributed by atoms with van der Waals surface area (Å²) >= 11 is 12.8. The molecule has 2 saturated carbocycles. The van der Waals surface area contributed by atoms with Crippen LogP contribution in [0.4, 0.5) is 11.4 Å². The molecule has 198 valence electrons. The Hall–Kier alpha value is -3.43. The van der Waals surface area contributed by atoms with Gasteiger partial charge in [-0.15, -0.1) is 23.2 Å². The molecule has 1 heterocycles. The summed E-state index contributed by atoms with van der Waals surface area (Å²) in [5, 5.41) is 1.85. The molecule has 3 aliphatic rings. The van der Waals surface area contributed by atoms with Crippen LogP contribution in [-0.4, -0.2) is 53.6 Å². The van der Waals surface area contributed by atoms with Crippen molar-refractivity contribution in [3.63, 3.8) is 0 Å². The summed E-state index contributed by atoms with van der Waals surface area (Å²) in [6.45, 7) is 1.39. The molecule has 2 aliphatic carbocycles. The van der Waals surface area contributed by atoms with Gasteiger partial charge < -0.3 is 14.8 Å². The van der Waals surface area contributed by atoms with Crippen LogP contribution < -0.4 is 10.2 Å². The highest BCUT2D eigenvalue weighted by atomic mass is 35.5. The molecule has 1 aliphatic heterocycles. The summed E-state index contributed by atoms with van der Waals surface area (Å²) in [4.78, 5) is 64.1. The number of carbonyl (C=O) groups is 5. The number of benzene rings is 2. The molecule has 38 heavy (non-hydrogen) atoms. The molecule has 6 atom stereocenters. The predicted molar refractivity (Wildman–Crippen MR) is 138 cm³/mol. The molecule has 9 nitrogen and oxygen atoms in total. The first-order valence-corrected chi connectivity index (χ1v) is 13.1. The van der Waals surface area contributed by atoms with E-state index in [0.717, 1.165) is 4.90 Å². The number of hydrogen-bond donors (Lipinski definition) is 1. The van der Waals surface area contributed by atoms with E-state index in [1.54, 1.807) is 13.0 Å². The third-order valence-corrected chi connectivity index (χ3v) is 8.66. The molecule has 1 N–H and O–H groups in total. The minimum atomic E-state index is -0.791. The third kappa shape index (κ3) is 4.54. The summed E-state index contributed by atoms with van der Waals surface area (Å²) in [5.74, 6) is -3.82. The topological polar surface area (TPSA) is 119 Å². The van der Waals surface area contributed by atoms with E-state index in [2.05, 4.69) is 5.32 Å². The Labute approximate surface area is 228 Å². The van der Waals surface area contributed by atoms with Crippen molar-refractivity contribution in [3.05, 3.63) is 59.7 Å². The number of esters is 2. The third-order valence-electron chi connectivity index (χ3n) is 7.34. The highest BCUT2D eigenvalue weighted by molar-refractivity contribution is 6.32. The molecule has 0 aromatic heterocycles. The van der Waals surface area contributed by atoms with Gasteiger partial charge in [0.15, 0.2) is 6.61 Å². The quantitative estimate of drug-likeness (QED) is 0.313. The molecule has 1 saturated heterocycles. The first-order valence-electron chi connectivity index (χ1n) is 12.2. The molecule has 5 rings (SSSR count). The van der Waals surface area contributed by atoms with Crippen LogP contribution in [0.1, 0.15) is 34.1 Å². The first-order chi connectivity index (χ1) is 18.2. The molecule has 2 aromatic rings. The van der Waals surface area contributed by atoms with E-state index in [9.17, 15) is 24.0 Å². The molecule has 2 bridgehead atoms. The van der Waals surface area contributed by atoms with Crippen LogP contribution in [0, 0.1) is 23.7 Å². The molecular weight excluding hydrogens is 535 g/mol. The molecule has 3 amide bonds. The smallest absolute Gasteiger partial charge is 0.338 e. The second-order valence-electron chi connectivity index (χ2n) is 9.49. The van der Waals surface area contributed by atoms with Gasteiger partial charge in [-0.1, -0.05) is 6.07 Å². The largest absolute Gasteiger partial charge is 0.462 e. The highest BCUT2D eigenvalue weighted by Gasteiger charge is 2.66. The Morgan fingerprint density at radius 2 is 1.50 bits per heavy atom. The Morgan fingerprint density at radius 1 is 0.895 bits per heavy atom. The molecule has 0 spiro atoms. The highest BCUT2D eigenvalue weighted by Crippen LogP contribution is 2.59. The number of ether oxygens (including phenoxy) is 2. The van der Waals surface area contributed by atoms with Gasteiger partial charge >= 0.3 is 11.9 Å². The van der Waals surface area contributed by atoms with Crippen molar-refractivity contribution in [2.75, 3.05) is 23.4 Å². The van der Waals surface area contributed by atoms with Crippen molar-refractivity contribution in [3.8, 4) is 0 Å². The number of alkyl halides is 2. The van der Waals surface area contributed by atoms with Crippen LogP contribution in [0.25, 0.3) is 0 Å². The van der Waals surface area contributed by atoms with E-state index in [1.807, 2.05) is 0 Å². The van der Waals surface area contributed by atoms with Crippen molar-refractivity contribution in [2.45, 2.75) is 24.1 Å². The molecule has 0 unspecified atom stereocenters. The molecule has 3 fully saturated rings. The van der Waals surface area contributed by atoms with Crippen molar-refractivity contribution in [1.29, 1.82) is 0 Å². The molecule has 11 heteroatoms. The standard InChI is InChI=1S/C27H24Cl2N2O7/c1-2-37-26(35)13-6-8-15(9-7-13)30-19(32)12-38-27(36)14-4-3-5-16(10-14)31-24(33)20-17-11-18(21(20)25(31)34)23(29)22(17)28/h3-10,17-18,20-23H,2,11-12H2,1H3,(H,30,32)/t17-,18-,20-,21-,22+,23+/m1/s1. The Morgan fingerprint density at radius 3 is 2.11 bits per heavy atom. The van der Waals surface area contributed by atoms with Crippen LogP contribution >= 0.6 is 23.2 Å². The summed E-state index contributed by atoms with van der Waals surface area (Å²) in [6, 6.07) is 12.0. The number of nitrogens with one attached hydrogen (secondary N) is 1. The van der Waals surface area contributed by atoms with Gasteiger partial charge in [-0.25, -0.2) is 9.59 Å². The zero-order valence-electron chi connectivity index (χ0n) is 20.3. The van der Waals surface area contributed by atoms with Crippen molar-refractivity contribution in [2.24, 2.45) is 23.7 Å². The van der Waals surface area contributed by atoms with Gasteiger partial charge in [-0.05, 0) is 67.6 Å². The van der Waals surface area contributed by atoms with E-state index in [0.29, 0.717) is 17.7 Å². The number of anilines is 2. The average molecular weight is 559 g/mol. The first kappa shape index (κ1) is 26.2. The Kier molecular flexibility index (Phi) is 7.15. The number of halogens is 2. The van der Waals surface area contributed by atoms with Gasteiger partial charge in [-0.2, -0.15) is 0 Å². The monoisotopic (exact) mass is 558 g/mol. The van der Waals surface area contributed by atoms with Gasteiger partial charge in [0.05, 0.1) is 46.0 Å². The second kappa shape index (κ2) is 10.4. The number of nitrogens with zero attached hydrogens (tertiary/aromatic N) is 1. The number of rotatable bonds is 7. The van der Waals surface area contributed by atoms with Crippen LogP contribution in [0.2, 0.25) is 0 Å². The molecular formula is C27H24Cl2N2O7. The van der Waals surface area contributed by atoms with Crippen molar-refractivity contribution >= 4 is 64.2 Å². The van der Waals surface area contributed by atoms with Crippen molar-refractivity contribution < 1.29 is 33.4 Å². The van der Waals surface area contributed by atoms with E-state index < -0.39 is 36.3 Å². The summed E-state index contributed by atoms with van der Waals surface area (Å²) in [6.07, 6.45) is 0.660. The SMILES string of the molecule is CCOC(=O)c1ccc(NC(=O)COC(=O)c2cccc(N3C(=O)[C@@H]4[C@H]5C[C@@H]([C@H](Cl)[C@H]5Cl)[C@H]4C3=O)c2)cc1. The summed E-state index contributed by atoms with van der Waals surface area (Å²) in [7, 11) is 0. The number of fused-ring (bicyclic) bond motifs is 5. The van der Waals surface area contributed by atoms with Gasteiger partial charge in [0.1, 0.15) is 0 Å². The van der Waals surface area contributed by atoms with Crippen LogP contribution in [0.5, 0.6) is 0 Å². The number of carbonyl (C=O) groups excluding carboxylic acids is 5. The number of amides is 3. The maximum atomic E-state index is 13.2. The lowest BCUT2D eigenvalue weighted by atomic mass is 9.80. The minimum Gasteiger partial charge on any atom is -0.462 e. The average Bonchev–Trinajstić information content (AvgIpc) is 3.52. The Bertz CT molecular complexity index is 1280. The summed E-state index contributed by atoms with van der Waals surface area (Å²) in [5.41, 5.74) is 1.09. The minimum absolute atomic E-state index is 0.0835. The predicted octanol–water partition coefficient (Wildman–Crippen LogP) is 3.63. The Balaban J connectivity index is 1.20. The van der Waals surface area contributed by atoms with E-state index in [1.165, 1.54) is 42.5 Å². The van der Waals surface area contributed by atoms with Crippen LogP contribution in [0.15, 0.2) is 48.5 Å². The lowest BCUT2D eigenvalue weighted by molar-refractivity contribution is -0.123. The fourth-order valence-corrected chi connectivity index (χ4v) is 6.58. The zero-order chi connectivity index (χ0) is 27.1. The summed E-state index contributed by atoms with van der Waals surface area (Å²) < 4.78 is 10.0.